The number of carbonyl (C=O) groups excluding carboxylic acids is 1. The second kappa shape index (κ2) is 6.87. The maximum absolute atomic E-state index is 12.8. The molecule has 1 saturated heterocycles. The highest BCUT2D eigenvalue weighted by Crippen LogP contribution is 2.33. The Labute approximate surface area is 130 Å². The summed E-state index contributed by atoms with van der Waals surface area (Å²) in [6, 6.07) is 2.06. The Bertz CT molecular complexity index is 465. The average Bonchev–Trinajstić information content (AvgIpc) is 3.09. The Morgan fingerprint density at radius 2 is 2.29 bits per heavy atom. The number of hydrogen-bond donors (Lipinski definition) is 1. The molecule has 0 spiro atoms. The molecule has 1 N–H and O–H groups in total. The molecule has 21 heavy (non-hydrogen) atoms. The van der Waals surface area contributed by atoms with Gasteiger partial charge in [0.05, 0.1) is 24.8 Å². The number of nitrogens with one attached hydrogen (secondary N) is 1. The zero-order valence-corrected chi connectivity index (χ0v) is 13.9. The first-order valence-corrected chi connectivity index (χ1v) is 8.12. The van der Waals surface area contributed by atoms with Crippen LogP contribution < -0.4 is 5.32 Å². The number of hydrogen-bond acceptors (Lipinski definition) is 5. The van der Waals surface area contributed by atoms with Crippen molar-refractivity contribution in [2.24, 2.45) is 0 Å². The van der Waals surface area contributed by atoms with Gasteiger partial charge in [-0.2, -0.15) is 11.3 Å². The normalized spacial score (nSPS) is 27.3. The number of methoxy groups -OCH3 is 2. The third-order valence-corrected chi connectivity index (χ3v) is 4.85. The molecule has 3 atom stereocenters. The van der Waals surface area contributed by atoms with E-state index in [9.17, 15) is 4.79 Å². The fourth-order valence-corrected chi connectivity index (χ4v) is 3.29. The first kappa shape index (κ1) is 16.4. The van der Waals surface area contributed by atoms with Gasteiger partial charge >= 0.3 is 0 Å². The molecular weight excluding hydrogens is 288 g/mol. The zero-order valence-electron chi connectivity index (χ0n) is 13.1. The SMILES string of the molecule is CCC1(C)NC(c2ccsc2)N(CC(COC)OC)C1=O. The maximum Gasteiger partial charge on any atom is 0.244 e. The van der Waals surface area contributed by atoms with Crippen LogP contribution in [0.4, 0.5) is 0 Å². The molecule has 1 aromatic heterocycles. The van der Waals surface area contributed by atoms with E-state index in [0.29, 0.717) is 13.2 Å². The van der Waals surface area contributed by atoms with Gasteiger partial charge < -0.3 is 14.4 Å². The highest BCUT2D eigenvalue weighted by Gasteiger charge is 2.47. The fourth-order valence-electron chi connectivity index (χ4n) is 2.61. The van der Waals surface area contributed by atoms with Crippen LogP contribution in [0.25, 0.3) is 0 Å². The first-order valence-electron chi connectivity index (χ1n) is 7.18. The van der Waals surface area contributed by atoms with Gasteiger partial charge in [-0.05, 0) is 35.7 Å². The Hall–Kier alpha value is -0.950. The minimum atomic E-state index is -0.516. The van der Waals surface area contributed by atoms with Crippen LogP contribution in [0.2, 0.25) is 0 Å². The molecule has 5 nitrogen and oxygen atoms in total. The van der Waals surface area contributed by atoms with Crippen LogP contribution in [-0.2, 0) is 14.3 Å². The third kappa shape index (κ3) is 3.29. The van der Waals surface area contributed by atoms with E-state index in [1.807, 2.05) is 24.1 Å². The zero-order chi connectivity index (χ0) is 15.5. The minimum absolute atomic E-state index is 0.0943. The van der Waals surface area contributed by atoms with Crippen LogP contribution in [0, 0.1) is 0 Å². The molecule has 3 unspecified atom stereocenters. The van der Waals surface area contributed by atoms with Gasteiger partial charge in [-0.25, -0.2) is 0 Å². The summed E-state index contributed by atoms with van der Waals surface area (Å²) in [7, 11) is 3.29. The van der Waals surface area contributed by atoms with E-state index < -0.39 is 5.54 Å². The van der Waals surface area contributed by atoms with E-state index in [1.165, 1.54) is 0 Å². The summed E-state index contributed by atoms with van der Waals surface area (Å²) in [5.41, 5.74) is 0.607. The topological polar surface area (TPSA) is 50.8 Å². The van der Waals surface area contributed by atoms with E-state index in [1.54, 1.807) is 25.6 Å². The molecule has 1 fully saturated rings. The van der Waals surface area contributed by atoms with E-state index in [0.717, 1.165) is 12.0 Å². The molecular formula is C15H24N2O3S. The minimum Gasteiger partial charge on any atom is -0.382 e. The second-order valence-corrected chi connectivity index (χ2v) is 6.34. The van der Waals surface area contributed by atoms with Crippen molar-refractivity contribution in [3.63, 3.8) is 0 Å². The van der Waals surface area contributed by atoms with E-state index in [2.05, 4.69) is 16.8 Å². The summed E-state index contributed by atoms with van der Waals surface area (Å²) >= 11 is 1.64. The van der Waals surface area contributed by atoms with Crippen molar-refractivity contribution < 1.29 is 14.3 Å². The lowest BCUT2D eigenvalue weighted by Gasteiger charge is -2.27. The number of amides is 1. The van der Waals surface area contributed by atoms with Crippen molar-refractivity contribution >= 4 is 17.2 Å². The molecule has 2 heterocycles. The summed E-state index contributed by atoms with van der Waals surface area (Å²) in [5.74, 6) is 0.124. The third-order valence-electron chi connectivity index (χ3n) is 4.15. The average molecular weight is 312 g/mol. The van der Waals surface area contributed by atoms with Crippen molar-refractivity contribution in [2.75, 3.05) is 27.4 Å². The maximum atomic E-state index is 12.8. The Morgan fingerprint density at radius 3 is 2.81 bits per heavy atom. The standard InChI is InChI=1S/C15H24N2O3S/c1-5-15(2)14(18)17(8-12(20-4)9-19-3)13(16-15)11-6-7-21-10-11/h6-7,10,12-13,16H,5,8-9H2,1-4H3. The molecule has 0 aromatic carbocycles. The lowest BCUT2D eigenvalue weighted by Crippen LogP contribution is -2.44. The molecule has 2 rings (SSSR count). The summed E-state index contributed by atoms with van der Waals surface area (Å²) in [6.45, 7) is 4.99. The molecule has 0 radical (unpaired) electrons. The van der Waals surface area contributed by atoms with Gasteiger partial charge in [0.25, 0.3) is 0 Å². The molecule has 1 aliphatic heterocycles. The quantitative estimate of drug-likeness (QED) is 0.837. The van der Waals surface area contributed by atoms with E-state index in [-0.39, 0.29) is 18.2 Å². The summed E-state index contributed by atoms with van der Waals surface area (Å²) in [5, 5.41) is 7.59. The van der Waals surface area contributed by atoms with Crippen molar-refractivity contribution in [1.82, 2.24) is 10.2 Å². The predicted molar refractivity (Wildman–Crippen MR) is 83.3 cm³/mol. The predicted octanol–water partition coefficient (Wildman–Crippen LogP) is 2.01. The number of ether oxygens (including phenoxy) is 2. The summed E-state index contributed by atoms with van der Waals surface area (Å²) in [6.07, 6.45) is 0.537. The highest BCUT2D eigenvalue weighted by molar-refractivity contribution is 7.07. The van der Waals surface area contributed by atoms with E-state index in [4.69, 9.17) is 9.47 Å². The Balaban J connectivity index is 2.23. The molecule has 1 amide bonds. The largest absolute Gasteiger partial charge is 0.382 e. The molecule has 118 valence electrons. The Morgan fingerprint density at radius 1 is 1.52 bits per heavy atom. The van der Waals surface area contributed by atoms with Gasteiger partial charge in [0.15, 0.2) is 0 Å². The van der Waals surface area contributed by atoms with Crippen LogP contribution in [0.1, 0.15) is 32.0 Å². The molecule has 0 saturated carbocycles. The number of nitrogens with zero attached hydrogens (tertiary/aromatic N) is 1. The van der Waals surface area contributed by atoms with Gasteiger partial charge in [-0.1, -0.05) is 6.92 Å². The van der Waals surface area contributed by atoms with Gasteiger partial charge in [-0.15, -0.1) is 0 Å². The molecule has 0 aliphatic carbocycles. The second-order valence-electron chi connectivity index (χ2n) is 5.56. The summed E-state index contributed by atoms with van der Waals surface area (Å²) < 4.78 is 10.6. The van der Waals surface area contributed by atoms with Crippen molar-refractivity contribution in [3.8, 4) is 0 Å². The van der Waals surface area contributed by atoms with Crippen molar-refractivity contribution in [3.05, 3.63) is 22.4 Å². The molecule has 1 aliphatic rings. The molecule has 6 heteroatoms. The smallest absolute Gasteiger partial charge is 0.244 e. The van der Waals surface area contributed by atoms with Gasteiger partial charge in [0.2, 0.25) is 5.91 Å². The monoisotopic (exact) mass is 312 g/mol. The lowest BCUT2D eigenvalue weighted by atomic mass is 9.99. The van der Waals surface area contributed by atoms with Crippen LogP contribution in [0.3, 0.4) is 0 Å². The van der Waals surface area contributed by atoms with Crippen molar-refractivity contribution in [2.45, 2.75) is 38.1 Å². The first-order chi connectivity index (χ1) is 10.1. The highest BCUT2D eigenvalue weighted by atomic mass is 32.1. The summed E-state index contributed by atoms with van der Waals surface area (Å²) in [4.78, 5) is 14.7. The fraction of sp³-hybridized carbons (Fsp3) is 0.667. The Kier molecular flexibility index (Phi) is 5.37. The van der Waals surface area contributed by atoms with Crippen LogP contribution in [0.5, 0.6) is 0 Å². The van der Waals surface area contributed by atoms with E-state index >= 15 is 0 Å². The molecule has 0 bridgehead atoms. The van der Waals surface area contributed by atoms with Crippen LogP contribution >= 0.6 is 11.3 Å². The number of rotatable bonds is 7. The number of thiophene rings is 1. The van der Waals surface area contributed by atoms with Crippen LogP contribution in [0.15, 0.2) is 16.8 Å². The number of carbonyl (C=O) groups is 1. The van der Waals surface area contributed by atoms with Crippen molar-refractivity contribution in [1.29, 1.82) is 0 Å². The van der Waals surface area contributed by atoms with Gasteiger partial charge in [0, 0.05) is 14.2 Å². The van der Waals surface area contributed by atoms with Crippen LogP contribution in [-0.4, -0.2) is 49.8 Å². The molecule has 1 aromatic rings. The lowest BCUT2D eigenvalue weighted by molar-refractivity contribution is -0.135. The van der Waals surface area contributed by atoms with Gasteiger partial charge in [0.1, 0.15) is 6.17 Å². The van der Waals surface area contributed by atoms with Gasteiger partial charge in [-0.3, -0.25) is 10.1 Å².